The molecule has 212 valence electrons. The van der Waals surface area contributed by atoms with Gasteiger partial charge in [0.25, 0.3) is 5.91 Å². The summed E-state index contributed by atoms with van der Waals surface area (Å²) in [6.45, 7) is 9.53. The van der Waals surface area contributed by atoms with Crippen molar-refractivity contribution >= 4 is 16.9 Å². The highest BCUT2D eigenvalue weighted by atomic mass is 16.7. The molecule has 2 aliphatic rings. The Hall–Kier alpha value is -4.46. The Morgan fingerprint density at radius 3 is 2.59 bits per heavy atom. The van der Waals surface area contributed by atoms with Crippen LogP contribution in [0, 0.1) is 12.8 Å². The number of rotatable bonds is 9. The van der Waals surface area contributed by atoms with Crippen LogP contribution in [0.1, 0.15) is 66.0 Å². The van der Waals surface area contributed by atoms with Gasteiger partial charge >= 0.3 is 0 Å². The van der Waals surface area contributed by atoms with Crippen molar-refractivity contribution in [3.05, 3.63) is 92.8 Å². The highest BCUT2D eigenvalue weighted by Gasteiger charge is 2.43. The number of hydrogen-bond donors (Lipinski definition) is 0. The van der Waals surface area contributed by atoms with Gasteiger partial charge in [-0.15, -0.1) is 0 Å². The van der Waals surface area contributed by atoms with Crippen LogP contribution in [-0.4, -0.2) is 30.8 Å². The van der Waals surface area contributed by atoms with Crippen LogP contribution in [0.5, 0.6) is 23.0 Å². The maximum absolute atomic E-state index is 14.0. The van der Waals surface area contributed by atoms with E-state index in [1.807, 2.05) is 56.3 Å². The minimum Gasteiger partial charge on any atom is -0.490 e. The largest absolute Gasteiger partial charge is 0.490 e. The van der Waals surface area contributed by atoms with Crippen molar-refractivity contribution in [2.75, 3.05) is 20.0 Å². The summed E-state index contributed by atoms with van der Waals surface area (Å²) in [5.41, 5.74) is 3.00. The normalized spacial score (nSPS) is 15.6. The van der Waals surface area contributed by atoms with Crippen LogP contribution in [0.4, 0.5) is 0 Å². The zero-order chi connectivity index (χ0) is 28.7. The van der Waals surface area contributed by atoms with Gasteiger partial charge in [-0.05, 0) is 73.7 Å². The van der Waals surface area contributed by atoms with Gasteiger partial charge < -0.3 is 28.3 Å². The molecule has 1 amide bonds. The predicted octanol–water partition coefficient (Wildman–Crippen LogP) is 6.40. The van der Waals surface area contributed by atoms with Crippen LogP contribution in [0.15, 0.2) is 63.8 Å². The molecule has 41 heavy (non-hydrogen) atoms. The Bertz CT molecular complexity index is 1690. The van der Waals surface area contributed by atoms with E-state index < -0.39 is 6.04 Å². The number of ether oxygens (including phenoxy) is 4. The summed E-state index contributed by atoms with van der Waals surface area (Å²) in [5.74, 6) is 2.70. The van der Waals surface area contributed by atoms with Crippen LogP contribution in [0.25, 0.3) is 11.0 Å². The number of fused-ring (bicyclic) bond motifs is 3. The van der Waals surface area contributed by atoms with Crippen molar-refractivity contribution in [3.63, 3.8) is 0 Å². The third kappa shape index (κ3) is 4.99. The molecule has 0 N–H and O–H groups in total. The van der Waals surface area contributed by atoms with Crippen molar-refractivity contribution in [2.45, 2.75) is 46.7 Å². The van der Waals surface area contributed by atoms with E-state index >= 15 is 0 Å². The smallest absolute Gasteiger partial charge is 0.291 e. The fourth-order valence-corrected chi connectivity index (χ4v) is 5.37. The van der Waals surface area contributed by atoms with E-state index in [9.17, 15) is 9.59 Å². The molecule has 0 bridgehead atoms. The number of hydrogen-bond acceptors (Lipinski definition) is 7. The molecule has 1 unspecified atom stereocenters. The van der Waals surface area contributed by atoms with E-state index in [0.29, 0.717) is 58.7 Å². The van der Waals surface area contributed by atoms with Crippen molar-refractivity contribution in [2.24, 2.45) is 5.92 Å². The molecule has 1 atom stereocenters. The monoisotopic (exact) mass is 555 g/mol. The molecule has 8 nitrogen and oxygen atoms in total. The Kier molecular flexibility index (Phi) is 7.07. The number of nitrogens with zero attached hydrogens (tertiary/aromatic N) is 1. The lowest BCUT2D eigenvalue weighted by Gasteiger charge is -2.26. The maximum Gasteiger partial charge on any atom is 0.291 e. The van der Waals surface area contributed by atoms with E-state index in [-0.39, 0.29) is 30.4 Å². The van der Waals surface area contributed by atoms with Crippen LogP contribution < -0.4 is 24.4 Å². The van der Waals surface area contributed by atoms with Gasteiger partial charge in [0.2, 0.25) is 12.6 Å². The Morgan fingerprint density at radius 2 is 1.78 bits per heavy atom. The molecule has 2 aliphatic heterocycles. The molecule has 0 spiro atoms. The van der Waals surface area contributed by atoms with Gasteiger partial charge in [-0.2, -0.15) is 0 Å². The quantitative estimate of drug-likeness (QED) is 0.236. The number of benzene rings is 3. The van der Waals surface area contributed by atoms with Crippen LogP contribution in [0.3, 0.4) is 0 Å². The van der Waals surface area contributed by atoms with Crippen LogP contribution in [0.2, 0.25) is 0 Å². The SMILES string of the molecule is CCOc1cc(C2c3c(oc4ccc(C)cc4c3=O)C(=O)N2Cc2ccc3c(c2)OCO3)ccc1OCCC(C)C. The number of carbonyl (C=O) groups is 1. The molecule has 4 aromatic rings. The summed E-state index contributed by atoms with van der Waals surface area (Å²) in [5, 5.41) is 0.449. The number of aryl methyl sites for hydroxylation is 1. The number of amides is 1. The van der Waals surface area contributed by atoms with E-state index in [0.717, 1.165) is 23.1 Å². The Morgan fingerprint density at radius 1 is 0.951 bits per heavy atom. The summed E-state index contributed by atoms with van der Waals surface area (Å²) in [7, 11) is 0. The van der Waals surface area contributed by atoms with Gasteiger partial charge in [0.15, 0.2) is 28.4 Å². The van der Waals surface area contributed by atoms with E-state index in [4.69, 9.17) is 23.4 Å². The van der Waals surface area contributed by atoms with E-state index in [1.165, 1.54) is 0 Å². The highest BCUT2D eigenvalue weighted by Crippen LogP contribution is 2.42. The fourth-order valence-electron chi connectivity index (χ4n) is 5.37. The molecule has 0 saturated carbocycles. The second-order valence-corrected chi connectivity index (χ2v) is 10.9. The lowest BCUT2D eigenvalue weighted by atomic mass is 9.97. The predicted molar refractivity (Wildman–Crippen MR) is 154 cm³/mol. The lowest BCUT2D eigenvalue weighted by molar-refractivity contribution is 0.0714. The summed E-state index contributed by atoms with van der Waals surface area (Å²) < 4.78 is 29.2. The second-order valence-electron chi connectivity index (χ2n) is 10.9. The molecule has 0 saturated heterocycles. The first kappa shape index (κ1) is 26.7. The molecule has 8 heteroatoms. The Labute approximate surface area is 238 Å². The van der Waals surface area contributed by atoms with Gasteiger partial charge in [0, 0.05) is 6.54 Å². The van der Waals surface area contributed by atoms with Crippen LogP contribution >= 0.6 is 0 Å². The highest BCUT2D eigenvalue weighted by molar-refractivity contribution is 5.99. The molecular formula is C33H33NO7. The third-order valence-electron chi connectivity index (χ3n) is 7.45. The standard InChI is InChI=1S/C33H33NO7/c1-5-37-28-16-22(8-11-25(28)38-13-12-19(2)3)30-29-31(35)23-14-20(4)6-9-24(23)41-32(29)33(36)34(30)17-21-7-10-26-27(15-21)40-18-39-26/h6-11,14-16,19,30H,5,12-13,17-18H2,1-4H3. The summed E-state index contributed by atoms with van der Waals surface area (Å²) in [4.78, 5) is 29.6. The van der Waals surface area contributed by atoms with Crippen molar-refractivity contribution < 1.29 is 28.2 Å². The molecule has 3 aromatic carbocycles. The van der Waals surface area contributed by atoms with Gasteiger partial charge in [0.05, 0.1) is 30.2 Å². The molecule has 3 heterocycles. The molecule has 1 aromatic heterocycles. The minimum atomic E-state index is -0.687. The minimum absolute atomic E-state index is 0.0623. The average Bonchev–Trinajstić information content (AvgIpc) is 3.52. The molecule has 0 fully saturated rings. The van der Waals surface area contributed by atoms with Crippen molar-refractivity contribution in [1.29, 1.82) is 0 Å². The average molecular weight is 556 g/mol. The zero-order valence-electron chi connectivity index (χ0n) is 23.7. The second kappa shape index (κ2) is 10.8. The van der Waals surface area contributed by atoms with E-state index in [1.54, 1.807) is 17.0 Å². The molecule has 0 radical (unpaired) electrons. The first-order valence-electron chi connectivity index (χ1n) is 14.0. The first-order chi connectivity index (χ1) is 19.8. The summed E-state index contributed by atoms with van der Waals surface area (Å²) >= 11 is 0. The first-order valence-corrected chi connectivity index (χ1v) is 14.0. The zero-order valence-corrected chi connectivity index (χ0v) is 23.7. The molecule has 6 rings (SSSR count). The topological polar surface area (TPSA) is 87.4 Å². The third-order valence-corrected chi connectivity index (χ3v) is 7.45. The maximum atomic E-state index is 14.0. The molecule has 0 aliphatic carbocycles. The summed E-state index contributed by atoms with van der Waals surface area (Å²) in [6.07, 6.45) is 0.911. The number of carbonyl (C=O) groups excluding carboxylic acids is 1. The van der Waals surface area contributed by atoms with Gasteiger partial charge in [-0.25, -0.2) is 0 Å². The van der Waals surface area contributed by atoms with Crippen molar-refractivity contribution in [3.8, 4) is 23.0 Å². The van der Waals surface area contributed by atoms with Gasteiger partial charge in [0.1, 0.15) is 5.58 Å². The van der Waals surface area contributed by atoms with Gasteiger partial charge in [-0.1, -0.05) is 37.6 Å². The lowest BCUT2D eigenvalue weighted by Crippen LogP contribution is -2.29. The van der Waals surface area contributed by atoms with Crippen LogP contribution in [-0.2, 0) is 6.54 Å². The van der Waals surface area contributed by atoms with E-state index in [2.05, 4.69) is 13.8 Å². The fraction of sp³-hybridized carbons (Fsp3) is 0.333. The Balaban J connectivity index is 1.46. The summed E-state index contributed by atoms with van der Waals surface area (Å²) in [6, 6.07) is 15.9. The van der Waals surface area contributed by atoms with Gasteiger partial charge in [-0.3, -0.25) is 9.59 Å². The van der Waals surface area contributed by atoms with Crippen molar-refractivity contribution in [1.82, 2.24) is 4.90 Å². The molecular weight excluding hydrogens is 522 g/mol.